The summed E-state index contributed by atoms with van der Waals surface area (Å²) in [5.74, 6) is -0.0234. The molecular formula is C14H13N3OS. The van der Waals surface area contributed by atoms with Crippen LogP contribution >= 0.6 is 11.3 Å². The Kier molecular flexibility index (Phi) is 1.63. The number of phenols is 1. The van der Waals surface area contributed by atoms with Gasteiger partial charge in [0.1, 0.15) is 16.6 Å². The number of hydrogen-bond acceptors (Lipinski definition) is 5. The van der Waals surface area contributed by atoms with Crippen molar-refractivity contribution in [1.82, 2.24) is 9.97 Å². The summed E-state index contributed by atoms with van der Waals surface area (Å²) in [5.41, 5.74) is 1.34. The van der Waals surface area contributed by atoms with Crippen molar-refractivity contribution >= 4 is 27.4 Å². The average Bonchev–Trinajstić information content (AvgIpc) is 2.88. The van der Waals surface area contributed by atoms with Gasteiger partial charge in [-0.1, -0.05) is 0 Å². The first-order chi connectivity index (χ1) is 11.6. The molecule has 0 saturated carbocycles. The first kappa shape index (κ1) is 6.86. The highest BCUT2D eigenvalue weighted by Crippen LogP contribution is 2.32. The van der Waals surface area contributed by atoms with Crippen LogP contribution in [0, 0.1) is 0 Å². The third-order valence-electron chi connectivity index (χ3n) is 2.60. The Morgan fingerprint density at radius 1 is 1.26 bits per heavy atom. The molecule has 5 heteroatoms. The van der Waals surface area contributed by atoms with E-state index < -0.39 is 14.0 Å². The van der Waals surface area contributed by atoms with Gasteiger partial charge in [0.05, 0.1) is 10.2 Å². The maximum atomic E-state index is 9.51. The minimum atomic E-state index is -2.84. The van der Waals surface area contributed by atoms with Gasteiger partial charge >= 0.3 is 0 Å². The molecular weight excluding hydrogens is 258 g/mol. The van der Waals surface area contributed by atoms with Crippen molar-refractivity contribution in [2.24, 2.45) is 0 Å². The van der Waals surface area contributed by atoms with Gasteiger partial charge in [0, 0.05) is 33.9 Å². The number of aromatic hydroxyl groups is 1. The largest absolute Gasteiger partial charge is 0.508 e. The predicted octanol–water partition coefficient (Wildman–Crippen LogP) is 3.13. The van der Waals surface area contributed by atoms with E-state index in [4.69, 9.17) is 8.22 Å². The van der Waals surface area contributed by atoms with Crippen LogP contribution < -0.4 is 4.90 Å². The molecule has 0 radical (unpaired) electrons. The lowest BCUT2D eigenvalue weighted by Gasteiger charge is -2.10. The van der Waals surface area contributed by atoms with Crippen molar-refractivity contribution in [2.75, 3.05) is 18.9 Å². The molecule has 2 aromatic heterocycles. The second-order valence-corrected chi connectivity index (χ2v) is 4.94. The zero-order valence-electron chi connectivity index (χ0n) is 15.7. The first-order valence-corrected chi connectivity index (χ1v) is 6.24. The molecule has 0 atom stereocenters. The van der Waals surface area contributed by atoms with Crippen LogP contribution in [0.2, 0.25) is 0 Å². The van der Waals surface area contributed by atoms with E-state index >= 15 is 0 Å². The number of thiazole rings is 1. The number of anilines is 1. The van der Waals surface area contributed by atoms with E-state index in [1.165, 1.54) is 29.7 Å². The molecule has 19 heavy (non-hydrogen) atoms. The number of hydrogen-bond donors (Lipinski definition) is 1. The highest BCUT2D eigenvalue weighted by atomic mass is 32.1. The van der Waals surface area contributed by atoms with Gasteiger partial charge in [-0.15, -0.1) is 11.3 Å². The molecule has 3 rings (SSSR count). The van der Waals surface area contributed by atoms with Gasteiger partial charge in [0.15, 0.2) is 0 Å². The summed E-state index contributed by atoms with van der Waals surface area (Å²) in [6, 6.07) is 7.75. The molecule has 0 saturated heterocycles. The van der Waals surface area contributed by atoms with Crippen LogP contribution in [-0.2, 0) is 0 Å². The van der Waals surface area contributed by atoms with Gasteiger partial charge in [0.25, 0.3) is 0 Å². The van der Waals surface area contributed by atoms with Gasteiger partial charge in [0.2, 0.25) is 0 Å². The third kappa shape index (κ3) is 2.24. The molecule has 3 aromatic rings. The summed E-state index contributed by atoms with van der Waals surface area (Å²) in [7, 11) is 0. The molecule has 0 amide bonds. The minimum absolute atomic E-state index is 0.141. The number of phenolic OH excluding ortho intramolecular Hbond substituents is 1. The fraction of sp³-hybridized carbons (Fsp3) is 0.143. The van der Waals surface area contributed by atoms with E-state index in [0.29, 0.717) is 21.0 Å². The molecule has 1 aromatic carbocycles. The molecule has 0 aliphatic heterocycles. The van der Waals surface area contributed by atoms with E-state index in [1.807, 2.05) is 0 Å². The van der Waals surface area contributed by atoms with Crippen LogP contribution in [-0.4, -0.2) is 29.0 Å². The summed E-state index contributed by atoms with van der Waals surface area (Å²) >= 11 is 1.34. The fourth-order valence-electron chi connectivity index (χ4n) is 1.68. The second-order valence-electron chi connectivity index (χ2n) is 3.91. The van der Waals surface area contributed by atoms with Crippen LogP contribution in [0.3, 0.4) is 0 Å². The normalized spacial score (nSPS) is 16.8. The van der Waals surface area contributed by atoms with E-state index in [-0.39, 0.29) is 11.6 Å². The van der Waals surface area contributed by atoms with E-state index in [2.05, 4.69) is 9.97 Å². The summed E-state index contributed by atoms with van der Waals surface area (Å²) in [6.07, 6.45) is 1.39. The Bertz CT molecular complexity index is 890. The molecule has 1 N–H and O–H groups in total. The quantitative estimate of drug-likeness (QED) is 0.785. The van der Waals surface area contributed by atoms with Gasteiger partial charge in [-0.25, -0.2) is 9.97 Å². The van der Waals surface area contributed by atoms with Crippen LogP contribution in [0.1, 0.15) is 8.22 Å². The lowest BCUT2D eigenvalue weighted by atomic mass is 10.3. The van der Waals surface area contributed by atoms with Crippen molar-refractivity contribution in [2.45, 2.75) is 0 Å². The Hall–Kier alpha value is -2.14. The molecule has 0 bridgehead atoms. The van der Waals surface area contributed by atoms with E-state index in [1.54, 1.807) is 18.2 Å². The number of pyridine rings is 1. The number of benzene rings is 1. The van der Waals surface area contributed by atoms with Gasteiger partial charge in [-0.05, 0) is 30.3 Å². The van der Waals surface area contributed by atoms with Crippen molar-refractivity contribution in [1.29, 1.82) is 0 Å². The van der Waals surface area contributed by atoms with Crippen molar-refractivity contribution in [3.63, 3.8) is 0 Å². The van der Waals surface area contributed by atoms with E-state index in [9.17, 15) is 5.11 Å². The molecule has 2 heterocycles. The lowest BCUT2D eigenvalue weighted by Crippen LogP contribution is -2.09. The van der Waals surface area contributed by atoms with Gasteiger partial charge in [-0.2, -0.15) is 0 Å². The molecule has 0 spiro atoms. The number of fused-ring (bicyclic) bond motifs is 1. The first-order valence-electron chi connectivity index (χ1n) is 8.42. The SMILES string of the molecule is [3H]C([3H])([3H])N(c1ccc(-c2nc3ccc(O)cc3s2)cn1)C([3H])([3H])[3H]. The van der Waals surface area contributed by atoms with Crippen LogP contribution in [0.25, 0.3) is 20.8 Å². The maximum Gasteiger partial charge on any atom is 0.127 e. The zero-order valence-corrected chi connectivity index (χ0v) is 10.5. The van der Waals surface area contributed by atoms with Crippen LogP contribution in [0.5, 0.6) is 5.75 Å². The highest BCUT2D eigenvalue weighted by Gasteiger charge is 2.07. The lowest BCUT2D eigenvalue weighted by molar-refractivity contribution is 0.476. The zero-order chi connectivity index (χ0) is 18.4. The molecule has 0 unspecified atom stereocenters. The smallest absolute Gasteiger partial charge is 0.127 e. The summed E-state index contributed by atoms with van der Waals surface area (Å²) in [5, 5.41) is 10.1. The number of nitrogens with zero attached hydrogens (tertiary/aromatic N) is 3. The molecule has 0 aliphatic rings. The van der Waals surface area contributed by atoms with Crippen LogP contribution in [0.4, 0.5) is 5.82 Å². The van der Waals surface area contributed by atoms with Crippen LogP contribution in [0.15, 0.2) is 36.5 Å². The average molecular weight is 283 g/mol. The Balaban J connectivity index is 1.98. The van der Waals surface area contributed by atoms with Crippen molar-refractivity contribution < 1.29 is 13.3 Å². The summed E-state index contributed by atoms with van der Waals surface area (Å²) in [4.78, 5) is 8.76. The topological polar surface area (TPSA) is 49.2 Å². The molecule has 0 aliphatic carbocycles. The molecule has 0 fully saturated rings. The van der Waals surface area contributed by atoms with Gasteiger partial charge in [-0.3, -0.25) is 0 Å². The maximum absolute atomic E-state index is 9.51. The standard InChI is InChI=1S/C14H13N3OS/c1-17(2)13-6-3-9(8-15-13)14-16-11-5-4-10(18)7-12(11)19-14/h3-8,18H,1-2H3/i1T3,2T3. The van der Waals surface area contributed by atoms with Gasteiger partial charge < -0.3 is 10.0 Å². The monoisotopic (exact) mass is 283 g/mol. The third-order valence-corrected chi connectivity index (χ3v) is 3.66. The molecule has 96 valence electrons. The Morgan fingerprint density at radius 3 is 2.89 bits per heavy atom. The van der Waals surface area contributed by atoms with Crippen molar-refractivity contribution in [3.8, 4) is 16.3 Å². The fourth-order valence-corrected chi connectivity index (χ4v) is 2.67. The predicted molar refractivity (Wildman–Crippen MR) is 78.8 cm³/mol. The Labute approximate surface area is 123 Å². The minimum Gasteiger partial charge on any atom is -0.508 e. The van der Waals surface area contributed by atoms with E-state index in [0.717, 1.165) is 4.70 Å². The second kappa shape index (κ2) is 4.51. The highest BCUT2D eigenvalue weighted by molar-refractivity contribution is 7.21. The summed E-state index contributed by atoms with van der Waals surface area (Å²) in [6.45, 7) is -5.68. The van der Waals surface area contributed by atoms with Crippen molar-refractivity contribution in [3.05, 3.63) is 36.5 Å². The number of aromatic nitrogens is 2. The number of rotatable bonds is 2. The Morgan fingerprint density at radius 2 is 2.16 bits per heavy atom. The molecule has 4 nitrogen and oxygen atoms in total. The summed E-state index contributed by atoms with van der Waals surface area (Å²) < 4.78 is 45.3.